The Morgan fingerprint density at radius 1 is 1.15 bits per heavy atom. The summed E-state index contributed by atoms with van der Waals surface area (Å²) in [6, 6.07) is 0. The molecule has 0 saturated heterocycles. The monoisotopic (exact) mass is 280 g/mol. The van der Waals surface area contributed by atoms with E-state index in [2.05, 4.69) is 27.5 Å². The first kappa shape index (κ1) is 16.2. The number of esters is 1. The standard InChI is InChI=1S/C14H24N4O2/c1-5-8-11-17-13(15-6-2)10(4)14(18-11)16-9-12(19)20-7-3/h5-9H2,1-4H3,(H2,15,16,17,18). The SMILES string of the molecule is CCCc1nc(NCC)c(C)c(NCC(=O)OCC)n1. The van der Waals surface area contributed by atoms with Gasteiger partial charge in [-0.3, -0.25) is 4.79 Å². The fourth-order valence-corrected chi connectivity index (χ4v) is 1.78. The van der Waals surface area contributed by atoms with Crippen molar-refractivity contribution in [3.05, 3.63) is 11.4 Å². The fraction of sp³-hybridized carbons (Fsp3) is 0.643. The molecule has 0 aliphatic rings. The summed E-state index contributed by atoms with van der Waals surface area (Å²) in [7, 11) is 0. The molecule has 0 unspecified atom stereocenters. The van der Waals surface area contributed by atoms with Crippen molar-refractivity contribution in [3.63, 3.8) is 0 Å². The molecule has 112 valence electrons. The van der Waals surface area contributed by atoms with Crippen LogP contribution in [0, 0.1) is 6.92 Å². The second kappa shape index (κ2) is 8.35. The first-order valence-corrected chi connectivity index (χ1v) is 7.13. The van der Waals surface area contributed by atoms with Crippen LogP contribution in [-0.4, -0.2) is 35.6 Å². The first-order valence-electron chi connectivity index (χ1n) is 7.13. The lowest BCUT2D eigenvalue weighted by Gasteiger charge is -2.14. The van der Waals surface area contributed by atoms with Crippen LogP contribution in [0.2, 0.25) is 0 Å². The molecule has 0 saturated carbocycles. The Kier molecular flexibility index (Phi) is 6.76. The van der Waals surface area contributed by atoms with Gasteiger partial charge in [0.25, 0.3) is 0 Å². The van der Waals surface area contributed by atoms with E-state index < -0.39 is 0 Å². The number of carbonyl (C=O) groups excluding carboxylic acids is 1. The molecule has 0 atom stereocenters. The third-order valence-electron chi connectivity index (χ3n) is 2.72. The summed E-state index contributed by atoms with van der Waals surface area (Å²) < 4.78 is 4.90. The van der Waals surface area contributed by atoms with Crippen LogP contribution in [-0.2, 0) is 16.0 Å². The van der Waals surface area contributed by atoms with Crippen LogP contribution in [0.1, 0.15) is 38.6 Å². The summed E-state index contributed by atoms with van der Waals surface area (Å²) >= 11 is 0. The summed E-state index contributed by atoms with van der Waals surface area (Å²) in [5.41, 5.74) is 0.913. The van der Waals surface area contributed by atoms with Crippen LogP contribution >= 0.6 is 0 Å². The van der Waals surface area contributed by atoms with Gasteiger partial charge in [-0.1, -0.05) is 6.92 Å². The number of hydrogen-bond donors (Lipinski definition) is 2. The summed E-state index contributed by atoms with van der Waals surface area (Å²) in [4.78, 5) is 20.4. The molecule has 1 aromatic rings. The smallest absolute Gasteiger partial charge is 0.325 e. The van der Waals surface area contributed by atoms with Gasteiger partial charge in [-0.25, -0.2) is 9.97 Å². The minimum Gasteiger partial charge on any atom is -0.465 e. The van der Waals surface area contributed by atoms with Crippen LogP contribution in [0.4, 0.5) is 11.6 Å². The largest absolute Gasteiger partial charge is 0.465 e. The molecule has 0 spiro atoms. The molecule has 1 heterocycles. The lowest BCUT2D eigenvalue weighted by Crippen LogP contribution is -2.19. The number of carbonyl (C=O) groups is 1. The molecule has 0 amide bonds. The number of aromatic nitrogens is 2. The molecule has 1 rings (SSSR count). The lowest BCUT2D eigenvalue weighted by atomic mass is 10.2. The topological polar surface area (TPSA) is 76.1 Å². The van der Waals surface area contributed by atoms with Gasteiger partial charge in [0.2, 0.25) is 0 Å². The highest BCUT2D eigenvalue weighted by Crippen LogP contribution is 2.20. The van der Waals surface area contributed by atoms with Crippen LogP contribution in [0.3, 0.4) is 0 Å². The van der Waals surface area contributed by atoms with Gasteiger partial charge in [0, 0.05) is 18.5 Å². The van der Waals surface area contributed by atoms with Crippen LogP contribution < -0.4 is 10.6 Å². The van der Waals surface area contributed by atoms with Gasteiger partial charge in [0.05, 0.1) is 6.61 Å². The van der Waals surface area contributed by atoms with Gasteiger partial charge < -0.3 is 15.4 Å². The number of nitrogens with zero attached hydrogens (tertiary/aromatic N) is 2. The zero-order chi connectivity index (χ0) is 15.0. The first-order chi connectivity index (χ1) is 9.62. The Morgan fingerprint density at radius 2 is 1.80 bits per heavy atom. The lowest BCUT2D eigenvalue weighted by molar-refractivity contribution is -0.140. The van der Waals surface area contributed by atoms with Crippen molar-refractivity contribution < 1.29 is 9.53 Å². The average molecular weight is 280 g/mol. The molecule has 6 heteroatoms. The fourth-order valence-electron chi connectivity index (χ4n) is 1.78. The number of rotatable bonds is 8. The minimum absolute atomic E-state index is 0.114. The van der Waals surface area contributed by atoms with E-state index in [1.807, 2.05) is 13.8 Å². The van der Waals surface area contributed by atoms with Gasteiger partial charge >= 0.3 is 5.97 Å². The quantitative estimate of drug-likeness (QED) is 0.711. The van der Waals surface area contributed by atoms with Crippen molar-refractivity contribution in [1.29, 1.82) is 0 Å². The van der Waals surface area contributed by atoms with E-state index in [0.29, 0.717) is 12.4 Å². The van der Waals surface area contributed by atoms with Crippen LogP contribution in [0.25, 0.3) is 0 Å². The van der Waals surface area contributed by atoms with E-state index in [9.17, 15) is 4.79 Å². The summed E-state index contributed by atoms with van der Waals surface area (Å²) in [5, 5.41) is 6.25. The van der Waals surface area contributed by atoms with E-state index in [0.717, 1.165) is 36.6 Å². The summed E-state index contributed by atoms with van der Waals surface area (Å²) in [5.74, 6) is 2.00. The number of nitrogens with one attached hydrogen (secondary N) is 2. The van der Waals surface area contributed by atoms with Crippen molar-refractivity contribution >= 4 is 17.6 Å². The summed E-state index contributed by atoms with van der Waals surface area (Å²) in [6.45, 7) is 9.11. The second-order valence-electron chi connectivity index (χ2n) is 4.40. The molecule has 0 aromatic carbocycles. The van der Waals surface area contributed by atoms with Crippen LogP contribution in [0.5, 0.6) is 0 Å². The van der Waals surface area contributed by atoms with E-state index in [1.165, 1.54) is 0 Å². The Bertz CT molecular complexity index is 449. The molecule has 0 fully saturated rings. The molecule has 20 heavy (non-hydrogen) atoms. The highest BCUT2D eigenvalue weighted by atomic mass is 16.5. The maximum atomic E-state index is 11.4. The van der Waals surface area contributed by atoms with Crippen molar-refractivity contribution in [3.8, 4) is 0 Å². The van der Waals surface area contributed by atoms with Crippen molar-refractivity contribution in [1.82, 2.24) is 9.97 Å². The Balaban J connectivity index is 2.88. The maximum Gasteiger partial charge on any atom is 0.325 e. The van der Waals surface area contributed by atoms with Crippen molar-refractivity contribution in [2.24, 2.45) is 0 Å². The van der Waals surface area contributed by atoms with E-state index in [4.69, 9.17) is 4.74 Å². The van der Waals surface area contributed by atoms with Gasteiger partial charge in [-0.2, -0.15) is 0 Å². The maximum absolute atomic E-state index is 11.4. The summed E-state index contributed by atoms with van der Waals surface area (Å²) in [6.07, 6.45) is 1.79. The predicted molar refractivity (Wildman–Crippen MR) is 80.1 cm³/mol. The number of anilines is 2. The molecule has 0 aliphatic carbocycles. The van der Waals surface area contributed by atoms with Gasteiger partial charge in [-0.15, -0.1) is 0 Å². The Morgan fingerprint density at radius 3 is 2.35 bits per heavy atom. The molecular formula is C14H24N4O2. The Hall–Kier alpha value is -1.85. The molecule has 0 radical (unpaired) electrons. The third kappa shape index (κ3) is 4.68. The molecule has 0 bridgehead atoms. The molecule has 0 aliphatic heterocycles. The minimum atomic E-state index is -0.285. The third-order valence-corrected chi connectivity index (χ3v) is 2.72. The zero-order valence-corrected chi connectivity index (χ0v) is 12.7. The van der Waals surface area contributed by atoms with E-state index >= 15 is 0 Å². The number of ether oxygens (including phenoxy) is 1. The zero-order valence-electron chi connectivity index (χ0n) is 12.7. The predicted octanol–water partition coefficient (Wildman–Crippen LogP) is 2.14. The number of hydrogen-bond acceptors (Lipinski definition) is 6. The normalized spacial score (nSPS) is 10.2. The second-order valence-corrected chi connectivity index (χ2v) is 4.40. The highest BCUT2D eigenvalue weighted by Gasteiger charge is 2.11. The van der Waals surface area contributed by atoms with Gasteiger partial charge in [-0.05, 0) is 27.2 Å². The van der Waals surface area contributed by atoms with Crippen molar-refractivity contribution in [2.45, 2.75) is 40.5 Å². The molecular weight excluding hydrogens is 256 g/mol. The Labute approximate surface area is 120 Å². The van der Waals surface area contributed by atoms with E-state index in [-0.39, 0.29) is 12.5 Å². The van der Waals surface area contributed by atoms with Crippen molar-refractivity contribution in [2.75, 3.05) is 30.3 Å². The highest BCUT2D eigenvalue weighted by molar-refractivity contribution is 5.75. The van der Waals surface area contributed by atoms with Gasteiger partial charge in [0.1, 0.15) is 24.0 Å². The van der Waals surface area contributed by atoms with Crippen LogP contribution in [0.15, 0.2) is 0 Å². The average Bonchev–Trinajstić information content (AvgIpc) is 2.41. The number of aryl methyl sites for hydroxylation is 1. The van der Waals surface area contributed by atoms with Gasteiger partial charge in [0.15, 0.2) is 0 Å². The molecule has 6 nitrogen and oxygen atoms in total. The molecule has 2 N–H and O–H groups in total. The van der Waals surface area contributed by atoms with E-state index in [1.54, 1.807) is 6.92 Å². The molecule has 1 aromatic heterocycles.